The van der Waals surface area contributed by atoms with E-state index in [1.807, 2.05) is 4.90 Å². The lowest BCUT2D eigenvalue weighted by molar-refractivity contribution is -0.144. The standard InChI is InChI=1S/C20H18F2N4O4/c1-11-10-25(13-3-4-14(21)15(22)9-13)6-7-26(11)19(28)18(27)23-12-2-5-16-17(8-12)30-20(29)24-16/h2-5,8-9,11H,6-7,10H2,1H3,(H,23,27)(H,24,29)/t11-/m0/s1. The van der Waals surface area contributed by atoms with Crippen molar-refractivity contribution >= 4 is 34.3 Å². The van der Waals surface area contributed by atoms with Crippen molar-refractivity contribution in [1.82, 2.24) is 9.88 Å². The summed E-state index contributed by atoms with van der Waals surface area (Å²) in [6.45, 7) is 2.76. The van der Waals surface area contributed by atoms with Gasteiger partial charge in [-0.15, -0.1) is 0 Å². The van der Waals surface area contributed by atoms with Crippen LogP contribution in [-0.2, 0) is 9.59 Å². The first-order valence-corrected chi connectivity index (χ1v) is 9.26. The fourth-order valence-corrected chi connectivity index (χ4v) is 3.51. The predicted molar refractivity (Wildman–Crippen MR) is 105 cm³/mol. The van der Waals surface area contributed by atoms with Crippen LogP contribution in [0, 0.1) is 11.6 Å². The van der Waals surface area contributed by atoms with Gasteiger partial charge < -0.3 is 19.5 Å². The van der Waals surface area contributed by atoms with E-state index in [2.05, 4.69) is 10.3 Å². The molecule has 1 saturated heterocycles. The van der Waals surface area contributed by atoms with Crippen LogP contribution in [0.4, 0.5) is 20.2 Å². The minimum absolute atomic E-state index is 0.248. The molecule has 2 N–H and O–H groups in total. The van der Waals surface area contributed by atoms with Gasteiger partial charge in [0, 0.05) is 49.2 Å². The van der Waals surface area contributed by atoms with Crippen LogP contribution in [0.3, 0.4) is 0 Å². The van der Waals surface area contributed by atoms with E-state index in [-0.39, 0.29) is 18.2 Å². The highest BCUT2D eigenvalue weighted by atomic mass is 19.2. The van der Waals surface area contributed by atoms with Gasteiger partial charge in [0.1, 0.15) is 0 Å². The first kappa shape index (κ1) is 19.6. The number of hydrogen-bond donors (Lipinski definition) is 2. The molecular formula is C20H18F2N4O4. The molecule has 10 heteroatoms. The Morgan fingerprint density at radius 2 is 1.93 bits per heavy atom. The summed E-state index contributed by atoms with van der Waals surface area (Å²) < 4.78 is 31.6. The van der Waals surface area contributed by atoms with Gasteiger partial charge in [-0.3, -0.25) is 14.6 Å². The molecule has 4 rings (SSSR count). The maximum Gasteiger partial charge on any atom is 0.417 e. The van der Waals surface area contributed by atoms with E-state index in [0.29, 0.717) is 30.0 Å². The summed E-state index contributed by atoms with van der Waals surface area (Å²) in [5, 5.41) is 2.51. The predicted octanol–water partition coefficient (Wildman–Crippen LogP) is 2.08. The average Bonchev–Trinajstić information content (AvgIpc) is 3.08. The summed E-state index contributed by atoms with van der Waals surface area (Å²) in [6.07, 6.45) is 0. The number of carbonyl (C=O) groups is 2. The molecule has 0 aliphatic carbocycles. The van der Waals surface area contributed by atoms with E-state index in [9.17, 15) is 23.2 Å². The van der Waals surface area contributed by atoms with Crippen molar-refractivity contribution in [2.45, 2.75) is 13.0 Å². The van der Waals surface area contributed by atoms with Gasteiger partial charge in [-0.25, -0.2) is 13.6 Å². The lowest BCUT2D eigenvalue weighted by Gasteiger charge is -2.40. The molecule has 0 spiro atoms. The summed E-state index contributed by atoms with van der Waals surface area (Å²) in [5.74, 6) is -4.00. The molecular weight excluding hydrogens is 398 g/mol. The van der Waals surface area contributed by atoms with Crippen molar-refractivity contribution in [3.05, 3.63) is 58.6 Å². The molecule has 3 aromatic rings. The first-order chi connectivity index (χ1) is 14.3. The number of fused-ring (bicyclic) bond motifs is 1. The fourth-order valence-electron chi connectivity index (χ4n) is 3.51. The second-order valence-electron chi connectivity index (χ2n) is 7.07. The number of anilines is 2. The number of amides is 2. The molecule has 8 nitrogen and oxygen atoms in total. The zero-order valence-corrected chi connectivity index (χ0v) is 15.9. The van der Waals surface area contributed by atoms with Crippen LogP contribution in [0.1, 0.15) is 6.92 Å². The van der Waals surface area contributed by atoms with Gasteiger partial charge in [0.2, 0.25) is 0 Å². The van der Waals surface area contributed by atoms with Crippen molar-refractivity contribution in [2.75, 3.05) is 29.9 Å². The van der Waals surface area contributed by atoms with Crippen molar-refractivity contribution in [3.8, 4) is 0 Å². The van der Waals surface area contributed by atoms with Crippen molar-refractivity contribution in [2.24, 2.45) is 0 Å². The number of hydrogen-bond acceptors (Lipinski definition) is 5. The van der Waals surface area contributed by atoms with Crippen LogP contribution >= 0.6 is 0 Å². The number of H-pyrrole nitrogens is 1. The molecule has 1 aromatic heterocycles. The highest BCUT2D eigenvalue weighted by Gasteiger charge is 2.31. The molecule has 2 heterocycles. The van der Waals surface area contributed by atoms with Crippen LogP contribution in [0.25, 0.3) is 11.1 Å². The van der Waals surface area contributed by atoms with E-state index >= 15 is 0 Å². The molecule has 1 fully saturated rings. The molecule has 0 bridgehead atoms. The molecule has 1 atom stereocenters. The molecule has 2 aromatic carbocycles. The van der Waals surface area contributed by atoms with Crippen LogP contribution < -0.4 is 16.0 Å². The van der Waals surface area contributed by atoms with Crippen molar-refractivity contribution in [1.29, 1.82) is 0 Å². The van der Waals surface area contributed by atoms with Crippen LogP contribution in [-0.4, -0.2) is 47.4 Å². The second-order valence-corrected chi connectivity index (χ2v) is 7.07. The number of rotatable bonds is 2. The molecule has 1 aliphatic heterocycles. The third-order valence-electron chi connectivity index (χ3n) is 5.03. The number of aromatic amines is 1. The Kier molecular flexibility index (Phi) is 4.98. The van der Waals surface area contributed by atoms with Crippen LogP contribution in [0.15, 0.2) is 45.6 Å². The van der Waals surface area contributed by atoms with Gasteiger partial charge in [0.05, 0.1) is 5.52 Å². The quantitative estimate of drug-likeness (QED) is 0.624. The van der Waals surface area contributed by atoms with E-state index in [0.717, 1.165) is 12.1 Å². The average molecular weight is 416 g/mol. The van der Waals surface area contributed by atoms with Crippen molar-refractivity contribution < 1.29 is 22.8 Å². The Bertz CT molecular complexity index is 1190. The summed E-state index contributed by atoms with van der Waals surface area (Å²) in [4.78, 5) is 42.0. The number of benzene rings is 2. The molecule has 2 amide bonds. The Morgan fingerprint density at radius 1 is 1.13 bits per heavy atom. The lowest BCUT2D eigenvalue weighted by atomic mass is 10.1. The zero-order chi connectivity index (χ0) is 21.4. The smallest absolute Gasteiger partial charge is 0.408 e. The minimum Gasteiger partial charge on any atom is -0.408 e. The normalized spacial score (nSPS) is 16.7. The molecule has 0 unspecified atom stereocenters. The van der Waals surface area contributed by atoms with E-state index < -0.39 is 29.2 Å². The summed E-state index contributed by atoms with van der Waals surface area (Å²) in [7, 11) is 0. The maximum absolute atomic E-state index is 13.5. The van der Waals surface area contributed by atoms with E-state index in [1.165, 1.54) is 17.0 Å². The number of carbonyl (C=O) groups excluding carboxylic acids is 2. The van der Waals surface area contributed by atoms with Crippen LogP contribution in [0.2, 0.25) is 0 Å². The maximum atomic E-state index is 13.5. The molecule has 156 valence electrons. The third kappa shape index (κ3) is 3.76. The SMILES string of the molecule is C[C@H]1CN(c2ccc(F)c(F)c2)CCN1C(=O)C(=O)Nc1ccc2[nH]c(=O)oc2c1. The largest absolute Gasteiger partial charge is 0.417 e. The zero-order valence-electron chi connectivity index (χ0n) is 15.9. The summed E-state index contributed by atoms with van der Waals surface area (Å²) in [5.41, 5.74) is 1.57. The molecule has 0 saturated carbocycles. The van der Waals surface area contributed by atoms with E-state index in [4.69, 9.17) is 4.42 Å². The minimum atomic E-state index is -0.937. The highest BCUT2D eigenvalue weighted by molar-refractivity contribution is 6.39. The second kappa shape index (κ2) is 7.62. The number of nitrogens with zero attached hydrogens (tertiary/aromatic N) is 2. The Hall–Kier alpha value is -3.69. The van der Waals surface area contributed by atoms with Crippen LogP contribution in [0.5, 0.6) is 0 Å². The fraction of sp³-hybridized carbons (Fsp3) is 0.250. The Labute approximate surface area is 169 Å². The Balaban J connectivity index is 1.42. The number of oxazole rings is 1. The number of nitrogens with one attached hydrogen (secondary N) is 2. The summed E-state index contributed by atoms with van der Waals surface area (Å²) >= 11 is 0. The number of aromatic nitrogens is 1. The van der Waals surface area contributed by atoms with E-state index in [1.54, 1.807) is 19.1 Å². The molecule has 1 aliphatic rings. The Morgan fingerprint density at radius 3 is 2.67 bits per heavy atom. The van der Waals surface area contributed by atoms with Crippen molar-refractivity contribution in [3.63, 3.8) is 0 Å². The third-order valence-corrected chi connectivity index (χ3v) is 5.03. The van der Waals surface area contributed by atoms with Gasteiger partial charge in [-0.2, -0.15) is 0 Å². The van der Waals surface area contributed by atoms with Gasteiger partial charge in [-0.05, 0) is 31.2 Å². The first-order valence-electron chi connectivity index (χ1n) is 9.26. The van der Waals surface area contributed by atoms with Gasteiger partial charge in [-0.1, -0.05) is 0 Å². The van der Waals surface area contributed by atoms with Gasteiger partial charge >= 0.3 is 17.6 Å². The van der Waals surface area contributed by atoms with Gasteiger partial charge in [0.15, 0.2) is 17.2 Å². The monoisotopic (exact) mass is 416 g/mol. The number of halogens is 2. The van der Waals surface area contributed by atoms with Gasteiger partial charge in [0.25, 0.3) is 0 Å². The lowest BCUT2D eigenvalue weighted by Crippen LogP contribution is -2.56. The summed E-state index contributed by atoms with van der Waals surface area (Å²) in [6, 6.07) is 7.88. The topological polar surface area (TPSA) is 98.6 Å². The number of piperazine rings is 1. The molecule has 0 radical (unpaired) electrons. The highest BCUT2D eigenvalue weighted by Crippen LogP contribution is 2.22. The molecule has 30 heavy (non-hydrogen) atoms.